The third-order valence-corrected chi connectivity index (χ3v) is 5.58. The number of carboxylic acids is 1. The molecule has 1 aliphatic rings. The molecule has 0 amide bonds. The predicted molar refractivity (Wildman–Crippen MR) is 119 cm³/mol. The number of hydrogen-bond acceptors (Lipinski definition) is 6. The zero-order valence-corrected chi connectivity index (χ0v) is 19.1. The van der Waals surface area contributed by atoms with E-state index < -0.39 is 25.0 Å². The molecule has 1 aromatic rings. The van der Waals surface area contributed by atoms with E-state index in [0.717, 1.165) is 5.56 Å². The smallest absolute Gasteiger partial charge is 0.480 e. The van der Waals surface area contributed by atoms with E-state index in [1.165, 1.54) is 12.1 Å². The zero-order chi connectivity index (χ0) is 22.4. The maximum Gasteiger partial charge on any atom is 0.573 e. The van der Waals surface area contributed by atoms with Crippen LogP contribution in [0.3, 0.4) is 0 Å². The summed E-state index contributed by atoms with van der Waals surface area (Å²) in [5, 5.41) is 27.5. The second kappa shape index (κ2) is 13.5. The Labute approximate surface area is 198 Å². The highest BCUT2D eigenvalue weighted by atomic mass is 35.5. The lowest BCUT2D eigenvalue weighted by Gasteiger charge is -2.40. The molecule has 0 saturated carbocycles. The van der Waals surface area contributed by atoms with Crippen LogP contribution in [-0.2, 0) is 11.3 Å². The van der Waals surface area contributed by atoms with Crippen LogP contribution in [0.1, 0.15) is 37.7 Å². The number of likely N-dealkylation sites (tertiary alicyclic amines) is 1. The van der Waals surface area contributed by atoms with Gasteiger partial charge in [0.25, 0.3) is 0 Å². The first kappa shape index (κ1) is 30.8. The standard InChI is InChI=1S/C19H28BF3N2O5.2ClH/c21-19(22,23)30-16-5-3-14(4-6-16)13-25-11-7-15(8-12-25)18(24,17(26)27)9-1-2-10-20(28)29;;/h3-6,15,28-29H,1-2,7-13,24H2,(H,26,27);2*1H. The molecule has 32 heavy (non-hydrogen) atoms. The predicted octanol–water partition coefficient (Wildman–Crippen LogP) is 3.07. The van der Waals surface area contributed by atoms with Crippen molar-refractivity contribution < 1.29 is 37.9 Å². The molecule has 7 nitrogen and oxygen atoms in total. The van der Waals surface area contributed by atoms with Gasteiger partial charge in [0, 0.05) is 6.54 Å². The van der Waals surface area contributed by atoms with Crippen molar-refractivity contribution in [3.05, 3.63) is 29.8 Å². The van der Waals surface area contributed by atoms with Gasteiger partial charge in [0.15, 0.2) is 0 Å². The molecule has 1 aromatic carbocycles. The largest absolute Gasteiger partial charge is 0.573 e. The fourth-order valence-corrected chi connectivity index (χ4v) is 3.89. The highest BCUT2D eigenvalue weighted by Crippen LogP contribution is 2.32. The van der Waals surface area contributed by atoms with E-state index >= 15 is 0 Å². The third-order valence-electron chi connectivity index (χ3n) is 5.58. The summed E-state index contributed by atoms with van der Waals surface area (Å²) in [6, 6.07) is 5.70. The fraction of sp³-hybridized carbons (Fsp3) is 0.632. The average molecular weight is 505 g/mol. The first-order chi connectivity index (χ1) is 14.0. The van der Waals surface area contributed by atoms with Crippen molar-refractivity contribution in [3.8, 4) is 5.75 Å². The van der Waals surface area contributed by atoms with Gasteiger partial charge in [-0.05, 0) is 62.3 Å². The van der Waals surface area contributed by atoms with Crippen LogP contribution in [0.5, 0.6) is 5.75 Å². The van der Waals surface area contributed by atoms with Crippen molar-refractivity contribution >= 4 is 37.9 Å². The van der Waals surface area contributed by atoms with E-state index in [-0.39, 0.29) is 49.2 Å². The minimum Gasteiger partial charge on any atom is -0.480 e. The van der Waals surface area contributed by atoms with Gasteiger partial charge in [-0.2, -0.15) is 0 Å². The number of alkyl halides is 3. The van der Waals surface area contributed by atoms with Crippen LogP contribution in [-0.4, -0.2) is 58.1 Å². The molecule has 1 unspecified atom stereocenters. The number of nitrogens with zero attached hydrogens (tertiary/aromatic N) is 1. The monoisotopic (exact) mass is 504 g/mol. The number of rotatable bonds is 10. The summed E-state index contributed by atoms with van der Waals surface area (Å²) in [6.07, 6.45) is -2.10. The molecule has 184 valence electrons. The Bertz CT molecular complexity index is 693. The summed E-state index contributed by atoms with van der Waals surface area (Å²) >= 11 is 0. The summed E-state index contributed by atoms with van der Waals surface area (Å²) < 4.78 is 40.6. The number of benzene rings is 1. The second-order valence-electron chi connectivity index (χ2n) is 7.81. The number of halogens is 5. The van der Waals surface area contributed by atoms with Crippen LogP contribution in [0.25, 0.3) is 0 Å². The number of aliphatic carboxylic acids is 1. The number of ether oxygens (including phenoxy) is 1. The first-order valence-corrected chi connectivity index (χ1v) is 9.95. The molecule has 0 aliphatic carbocycles. The molecule has 0 bridgehead atoms. The molecule has 13 heteroatoms. The van der Waals surface area contributed by atoms with Gasteiger partial charge in [-0.15, -0.1) is 38.0 Å². The van der Waals surface area contributed by atoms with Gasteiger partial charge in [0.05, 0.1) is 0 Å². The number of hydrogen-bond donors (Lipinski definition) is 4. The lowest BCUT2D eigenvalue weighted by Crippen LogP contribution is -2.56. The Balaban J connectivity index is 0.00000480. The van der Waals surface area contributed by atoms with Gasteiger partial charge in [-0.1, -0.05) is 25.0 Å². The van der Waals surface area contributed by atoms with Gasteiger partial charge in [-0.3, -0.25) is 9.69 Å². The number of piperidine rings is 1. The number of nitrogens with two attached hydrogens (primary N) is 1. The van der Waals surface area contributed by atoms with Gasteiger partial charge in [0.2, 0.25) is 0 Å². The lowest BCUT2D eigenvalue weighted by molar-refractivity contribution is -0.274. The maximum atomic E-state index is 12.2. The van der Waals surface area contributed by atoms with Crippen LogP contribution in [0.4, 0.5) is 13.2 Å². The van der Waals surface area contributed by atoms with E-state index in [9.17, 15) is 23.1 Å². The minimum absolute atomic E-state index is 0. The molecule has 0 aromatic heterocycles. The Morgan fingerprint density at radius 2 is 1.69 bits per heavy atom. The zero-order valence-electron chi connectivity index (χ0n) is 17.5. The van der Waals surface area contributed by atoms with E-state index in [1.807, 2.05) is 0 Å². The van der Waals surface area contributed by atoms with E-state index in [1.54, 1.807) is 12.1 Å². The molecule has 1 atom stereocenters. The number of carbonyl (C=O) groups is 1. The Morgan fingerprint density at radius 3 is 2.16 bits per heavy atom. The molecule has 2 rings (SSSR count). The van der Waals surface area contributed by atoms with E-state index in [2.05, 4.69) is 9.64 Å². The molecule has 1 heterocycles. The molecular weight excluding hydrogens is 475 g/mol. The SMILES string of the molecule is Cl.Cl.NC(CCCCB(O)O)(C(=O)O)C1CCN(Cc2ccc(OC(F)(F)F)cc2)CC1. The Kier molecular flexibility index (Phi) is 12.9. The summed E-state index contributed by atoms with van der Waals surface area (Å²) in [4.78, 5) is 13.9. The topological polar surface area (TPSA) is 116 Å². The molecule has 0 spiro atoms. The van der Waals surface area contributed by atoms with Crippen molar-refractivity contribution in [2.45, 2.75) is 56.9 Å². The highest BCUT2D eigenvalue weighted by Gasteiger charge is 2.42. The van der Waals surface area contributed by atoms with Gasteiger partial charge < -0.3 is 25.6 Å². The quantitative estimate of drug-likeness (QED) is 0.286. The first-order valence-electron chi connectivity index (χ1n) is 9.95. The summed E-state index contributed by atoms with van der Waals surface area (Å²) in [5.41, 5.74) is 5.73. The molecular formula is C19H30BCl2F3N2O5. The Hall–Kier alpha value is -1.24. The van der Waals surface area contributed by atoms with Gasteiger partial charge in [-0.25, -0.2) is 0 Å². The Morgan fingerprint density at radius 1 is 1.12 bits per heavy atom. The maximum absolute atomic E-state index is 12.2. The molecule has 1 aliphatic heterocycles. The fourth-order valence-electron chi connectivity index (χ4n) is 3.89. The molecule has 5 N–H and O–H groups in total. The van der Waals surface area contributed by atoms with Gasteiger partial charge >= 0.3 is 19.5 Å². The second-order valence-corrected chi connectivity index (χ2v) is 7.81. The van der Waals surface area contributed by atoms with E-state index in [0.29, 0.717) is 45.3 Å². The third kappa shape index (κ3) is 9.72. The summed E-state index contributed by atoms with van der Waals surface area (Å²) in [6.45, 7) is 1.80. The molecule has 1 saturated heterocycles. The van der Waals surface area contributed by atoms with Crippen LogP contribution in [0, 0.1) is 5.92 Å². The van der Waals surface area contributed by atoms with E-state index in [4.69, 9.17) is 15.8 Å². The van der Waals surface area contributed by atoms with Gasteiger partial charge in [0.1, 0.15) is 11.3 Å². The van der Waals surface area contributed by atoms with Crippen LogP contribution < -0.4 is 10.5 Å². The van der Waals surface area contributed by atoms with Crippen molar-refractivity contribution in [1.29, 1.82) is 0 Å². The lowest BCUT2D eigenvalue weighted by atomic mass is 9.74. The number of unbranched alkanes of at least 4 members (excludes halogenated alkanes) is 1. The average Bonchev–Trinajstić information content (AvgIpc) is 2.66. The normalized spacial score (nSPS) is 16.9. The van der Waals surface area contributed by atoms with Crippen molar-refractivity contribution in [2.75, 3.05) is 13.1 Å². The molecule has 1 fully saturated rings. The highest BCUT2D eigenvalue weighted by molar-refractivity contribution is 6.40. The molecule has 0 radical (unpaired) electrons. The summed E-state index contributed by atoms with van der Waals surface area (Å²) in [7, 11) is -1.40. The number of carboxylic acid groups (broad SMARTS) is 1. The van der Waals surface area contributed by atoms with Crippen LogP contribution in [0.2, 0.25) is 6.32 Å². The van der Waals surface area contributed by atoms with Crippen LogP contribution in [0.15, 0.2) is 24.3 Å². The van der Waals surface area contributed by atoms with Crippen molar-refractivity contribution in [3.63, 3.8) is 0 Å². The minimum atomic E-state index is -4.72. The van der Waals surface area contributed by atoms with Crippen LogP contribution >= 0.6 is 24.8 Å². The summed E-state index contributed by atoms with van der Waals surface area (Å²) in [5.74, 6) is -1.52. The van der Waals surface area contributed by atoms with Crippen molar-refractivity contribution in [2.24, 2.45) is 11.7 Å². The van der Waals surface area contributed by atoms with Crippen molar-refractivity contribution in [1.82, 2.24) is 4.90 Å².